The number of nitriles is 1. The Balaban J connectivity index is 0.931. The van der Waals surface area contributed by atoms with Gasteiger partial charge in [0, 0.05) is 47.5 Å². The van der Waals surface area contributed by atoms with Crippen molar-refractivity contribution in [3.05, 3.63) is 64.6 Å². The lowest BCUT2D eigenvalue weighted by atomic mass is 10.0. The molecule has 1 aromatic carbocycles. The summed E-state index contributed by atoms with van der Waals surface area (Å²) in [5.74, 6) is 2.05. The van der Waals surface area contributed by atoms with Crippen LogP contribution in [-0.2, 0) is 19.5 Å². The standard InChI is InChI=1S/C35H39F3N8OS/c36-35(37,38)18-29-17-30-33(40-22-41-34(30)48-29)42-26-9-11-45(12-10-26)20-24-7-8-31-25(14-24)15-28(19-39)46(31)21-27-16-32(44-43-27)47-13-3-6-23-4-1-2-5-23/h7-8,14-17,22-23,26H,1-6,9-13,18,20-21H2,(H,43,44)(H,40,41,42). The molecule has 0 amide bonds. The molecule has 0 spiro atoms. The van der Waals surface area contributed by atoms with Crippen LogP contribution in [0.1, 0.15) is 73.2 Å². The normalized spacial score (nSPS) is 16.6. The first-order chi connectivity index (χ1) is 23.3. The van der Waals surface area contributed by atoms with E-state index >= 15 is 0 Å². The van der Waals surface area contributed by atoms with Crippen LogP contribution >= 0.6 is 11.3 Å². The number of likely N-dealkylation sites (tertiary alicyclic amines) is 1. The monoisotopic (exact) mass is 676 g/mol. The number of nitrogens with one attached hydrogen (secondary N) is 2. The van der Waals surface area contributed by atoms with Gasteiger partial charge in [-0.15, -0.1) is 16.4 Å². The maximum absolute atomic E-state index is 12.9. The number of hydrogen-bond acceptors (Lipinski definition) is 8. The predicted molar refractivity (Wildman–Crippen MR) is 180 cm³/mol. The largest absolute Gasteiger partial charge is 0.477 e. The third-order valence-electron chi connectivity index (χ3n) is 9.59. The van der Waals surface area contributed by atoms with Gasteiger partial charge in [-0.25, -0.2) is 9.97 Å². The third kappa shape index (κ3) is 7.76. The highest BCUT2D eigenvalue weighted by Crippen LogP contribution is 2.33. The zero-order valence-electron chi connectivity index (χ0n) is 26.7. The smallest absolute Gasteiger partial charge is 0.393 e. The maximum atomic E-state index is 12.9. The number of thiophene rings is 1. The quantitative estimate of drug-likeness (QED) is 0.130. The first-order valence-electron chi connectivity index (χ1n) is 16.8. The summed E-state index contributed by atoms with van der Waals surface area (Å²) in [5, 5.41) is 22.5. The second-order valence-electron chi connectivity index (χ2n) is 13.1. The van der Waals surface area contributed by atoms with Gasteiger partial charge in [0.05, 0.1) is 30.7 Å². The van der Waals surface area contributed by atoms with Gasteiger partial charge in [-0.2, -0.15) is 18.4 Å². The topological polar surface area (TPSA) is 108 Å². The van der Waals surface area contributed by atoms with Crippen molar-refractivity contribution in [2.75, 3.05) is 25.0 Å². The Labute approximate surface area is 281 Å². The lowest BCUT2D eigenvalue weighted by Crippen LogP contribution is -2.38. The van der Waals surface area contributed by atoms with Gasteiger partial charge < -0.3 is 14.6 Å². The Hall–Kier alpha value is -4.15. The Morgan fingerprint density at radius 1 is 1.04 bits per heavy atom. The summed E-state index contributed by atoms with van der Waals surface area (Å²) in [7, 11) is 0. The molecule has 9 nitrogen and oxygen atoms in total. The van der Waals surface area contributed by atoms with E-state index in [-0.39, 0.29) is 10.9 Å². The van der Waals surface area contributed by atoms with E-state index in [0.717, 1.165) is 72.7 Å². The average Bonchev–Trinajstić information content (AvgIpc) is 3.87. The number of nitrogens with zero attached hydrogens (tertiary/aromatic N) is 6. The molecule has 5 aromatic rings. The molecule has 1 aliphatic heterocycles. The van der Waals surface area contributed by atoms with Gasteiger partial charge in [-0.3, -0.25) is 10.00 Å². The van der Waals surface area contributed by atoms with Gasteiger partial charge >= 0.3 is 6.18 Å². The highest BCUT2D eigenvalue weighted by molar-refractivity contribution is 7.18. The van der Waals surface area contributed by atoms with Crippen LogP contribution < -0.4 is 10.1 Å². The molecule has 4 aromatic heterocycles. The fourth-order valence-electron chi connectivity index (χ4n) is 7.19. The van der Waals surface area contributed by atoms with Gasteiger partial charge in [0.15, 0.2) is 0 Å². The van der Waals surface area contributed by atoms with Gasteiger partial charge in [0.2, 0.25) is 5.88 Å². The molecule has 2 fully saturated rings. The van der Waals surface area contributed by atoms with E-state index < -0.39 is 12.6 Å². The fraction of sp³-hybridized carbons (Fsp3) is 0.486. The molecule has 7 rings (SSSR count). The molecule has 2 N–H and O–H groups in total. The van der Waals surface area contributed by atoms with Crippen molar-refractivity contribution < 1.29 is 17.9 Å². The van der Waals surface area contributed by atoms with Gasteiger partial charge in [0.25, 0.3) is 0 Å². The van der Waals surface area contributed by atoms with E-state index in [0.29, 0.717) is 40.8 Å². The minimum atomic E-state index is -4.26. The summed E-state index contributed by atoms with van der Waals surface area (Å²) >= 11 is 1.07. The van der Waals surface area contributed by atoms with Crippen molar-refractivity contribution in [1.82, 2.24) is 29.6 Å². The van der Waals surface area contributed by atoms with Crippen molar-refractivity contribution in [2.45, 2.75) is 83.1 Å². The molecule has 1 saturated carbocycles. The number of halogens is 3. The van der Waals surface area contributed by atoms with E-state index in [1.54, 1.807) is 6.07 Å². The van der Waals surface area contributed by atoms with Gasteiger partial charge in [-0.1, -0.05) is 31.7 Å². The summed E-state index contributed by atoms with van der Waals surface area (Å²) in [6, 6.07) is 14.3. The number of ether oxygens (including phenoxy) is 1. The second kappa shape index (κ2) is 14.1. The summed E-state index contributed by atoms with van der Waals surface area (Å²) in [6.45, 7) is 3.72. The van der Waals surface area contributed by atoms with Crippen LogP contribution in [0.3, 0.4) is 0 Å². The first kappa shape index (κ1) is 32.4. The molecular weight excluding hydrogens is 638 g/mol. The number of aromatic nitrogens is 5. The van der Waals surface area contributed by atoms with Crippen molar-refractivity contribution in [1.29, 1.82) is 5.26 Å². The van der Waals surface area contributed by atoms with Crippen LogP contribution in [0.5, 0.6) is 5.88 Å². The molecule has 2 aliphatic rings. The van der Waals surface area contributed by atoms with Crippen molar-refractivity contribution in [2.24, 2.45) is 5.92 Å². The molecule has 48 heavy (non-hydrogen) atoms. The van der Waals surface area contributed by atoms with Gasteiger partial charge in [0.1, 0.15) is 28.7 Å². The van der Waals surface area contributed by atoms with Crippen LogP contribution in [0.4, 0.5) is 19.0 Å². The molecule has 0 bridgehead atoms. The molecule has 0 radical (unpaired) electrons. The lowest BCUT2D eigenvalue weighted by molar-refractivity contribution is -0.126. The Kier molecular flexibility index (Phi) is 9.55. The molecule has 1 saturated heterocycles. The van der Waals surface area contributed by atoms with E-state index in [4.69, 9.17) is 4.74 Å². The first-order valence-corrected chi connectivity index (χ1v) is 17.6. The Morgan fingerprint density at radius 3 is 2.67 bits per heavy atom. The summed E-state index contributed by atoms with van der Waals surface area (Å²) in [6.07, 6.45) is 5.67. The van der Waals surface area contributed by atoms with Crippen LogP contribution in [0.2, 0.25) is 0 Å². The number of alkyl halides is 3. The number of anilines is 1. The average molecular weight is 677 g/mol. The lowest BCUT2D eigenvalue weighted by Gasteiger charge is -2.32. The number of benzene rings is 1. The number of hydrogen-bond donors (Lipinski definition) is 2. The SMILES string of the molecule is N#Cc1cc2cc(CN3CCC(Nc4ncnc5sc(CC(F)(F)F)cc45)CC3)ccc2n1Cc1cc(OCCCC2CCCC2)n[nH]1. The zero-order chi connectivity index (χ0) is 33.1. The fourth-order valence-corrected chi connectivity index (χ4v) is 8.21. The third-order valence-corrected chi connectivity index (χ3v) is 10.6. The van der Waals surface area contributed by atoms with Crippen molar-refractivity contribution >= 4 is 38.3 Å². The Morgan fingerprint density at radius 2 is 1.88 bits per heavy atom. The molecule has 1 aliphatic carbocycles. The molecule has 0 atom stereocenters. The van der Waals surface area contributed by atoms with Crippen LogP contribution in [0, 0.1) is 17.2 Å². The molecular formula is C35H39F3N8OS. The van der Waals surface area contributed by atoms with Crippen LogP contribution in [0.25, 0.3) is 21.1 Å². The van der Waals surface area contributed by atoms with Crippen molar-refractivity contribution in [3.63, 3.8) is 0 Å². The number of H-pyrrole nitrogens is 1. The summed E-state index contributed by atoms with van der Waals surface area (Å²) in [5.41, 5.74) is 3.66. The van der Waals surface area contributed by atoms with E-state index in [9.17, 15) is 18.4 Å². The minimum absolute atomic E-state index is 0.172. The predicted octanol–water partition coefficient (Wildman–Crippen LogP) is 7.82. The van der Waals surface area contributed by atoms with E-state index in [2.05, 4.69) is 54.7 Å². The highest BCUT2D eigenvalue weighted by atomic mass is 32.1. The summed E-state index contributed by atoms with van der Waals surface area (Å²) < 4.78 is 46.7. The minimum Gasteiger partial charge on any atom is -0.477 e. The highest BCUT2D eigenvalue weighted by Gasteiger charge is 2.29. The Bertz CT molecular complexity index is 1890. The summed E-state index contributed by atoms with van der Waals surface area (Å²) in [4.78, 5) is 11.7. The van der Waals surface area contributed by atoms with Gasteiger partial charge in [-0.05, 0) is 61.4 Å². The number of fused-ring (bicyclic) bond motifs is 2. The van der Waals surface area contributed by atoms with Crippen LogP contribution in [-0.4, -0.2) is 61.5 Å². The van der Waals surface area contributed by atoms with E-state index in [1.807, 2.05) is 16.7 Å². The zero-order valence-corrected chi connectivity index (χ0v) is 27.5. The molecule has 0 unspecified atom stereocenters. The number of aromatic amines is 1. The van der Waals surface area contributed by atoms with Crippen molar-refractivity contribution in [3.8, 4) is 11.9 Å². The van der Waals surface area contributed by atoms with Crippen LogP contribution in [0.15, 0.2) is 42.7 Å². The molecule has 252 valence electrons. The number of rotatable bonds is 12. The maximum Gasteiger partial charge on any atom is 0.393 e. The second-order valence-corrected chi connectivity index (χ2v) is 14.2. The number of piperidine rings is 1. The molecule has 5 heterocycles. The van der Waals surface area contributed by atoms with E-state index in [1.165, 1.54) is 44.0 Å². The molecule has 13 heteroatoms.